The first-order valence-electron chi connectivity index (χ1n) is 8.62. The minimum Gasteiger partial charge on any atom is -0.464 e. The van der Waals surface area contributed by atoms with Crippen LogP contribution in [0.25, 0.3) is 0 Å². The first-order valence-corrected chi connectivity index (χ1v) is 8.62. The van der Waals surface area contributed by atoms with Crippen LogP contribution < -0.4 is 0 Å². The van der Waals surface area contributed by atoms with Crippen molar-refractivity contribution in [2.24, 2.45) is 0 Å². The molecule has 0 fully saturated rings. The van der Waals surface area contributed by atoms with E-state index in [4.69, 9.17) is 30.3 Å². The molecular weight excluding hydrogens is 332 g/mol. The van der Waals surface area contributed by atoms with Gasteiger partial charge in [-0.25, -0.2) is 4.79 Å². The first kappa shape index (κ1) is 31.9. The Balaban J connectivity index is -0.000000131. The molecule has 0 aromatic carbocycles. The van der Waals surface area contributed by atoms with E-state index in [1.807, 2.05) is 6.92 Å². The molecule has 0 aliphatic heterocycles. The van der Waals surface area contributed by atoms with E-state index in [0.29, 0.717) is 6.61 Å². The molecule has 0 aliphatic rings. The van der Waals surface area contributed by atoms with E-state index in [-0.39, 0.29) is 25.9 Å². The second-order valence-electron chi connectivity index (χ2n) is 4.94. The quantitative estimate of drug-likeness (QED) is 0.291. The lowest BCUT2D eigenvalue weighted by atomic mass is 10.2. The molecule has 0 amide bonds. The lowest BCUT2D eigenvalue weighted by molar-refractivity contribution is -0.152. The van der Waals surface area contributed by atoms with Gasteiger partial charge in [-0.15, -0.1) is 0 Å². The Morgan fingerprint density at radius 2 is 1.44 bits per heavy atom. The Hall–Kier alpha value is -0.770. The van der Waals surface area contributed by atoms with Crippen molar-refractivity contribution in [3.05, 3.63) is 0 Å². The summed E-state index contributed by atoms with van der Waals surface area (Å²) < 4.78 is 9.44. The third kappa shape index (κ3) is 51.7. The predicted octanol–water partition coefficient (Wildman–Crippen LogP) is 0.474. The molecule has 0 radical (unpaired) electrons. The van der Waals surface area contributed by atoms with Crippen LogP contribution in [0, 0.1) is 0 Å². The fourth-order valence-electron chi connectivity index (χ4n) is 0.961. The number of aliphatic hydroxyl groups is 5. The Kier molecular flexibility index (Phi) is 39.7. The van der Waals surface area contributed by atoms with Crippen molar-refractivity contribution >= 4 is 5.97 Å². The van der Waals surface area contributed by atoms with E-state index in [1.54, 1.807) is 21.0 Å². The van der Waals surface area contributed by atoms with Gasteiger partial charge in [-0.2, -0.15) is 0 Å². The van der Waals surface area contributed by atoms with Gasteiger partial charge in [-0.1, -0.05) is 13.3 Å². The maximum absolute atomic E-state index is 10.5. The Morgan fingerprint density at radius 3 is 1.72 bits per heavy atom. The van der Waals surface area contributed by atoms with E-state index in [1.165, 1.54) is 6.92 Å². The molecule has 0 aliphatic carbocycles. The summed E-state index contributed by atoms with van der Waals surface area (Å²) in [5.41, 5.74) is 0. The maximum Gasteiger partial charge on any atom is 0.334 e. The Bertz CT molecular complexity index is 221. The lowest BCUT2D eigenvalue weighted by Crippen LogP contribution is -2.19. The van der Waals surface area contributed by atoms with Crippen molar-refractivity contribution in [3.63, 3.8) is 0 Å². The zero-order valence-electron chi connectivity index (χ0n) is 16.5. The highest BCUT2D eigenvalue weighted by atomic mass is 16.5. The van der Waals surface area contributed by atoms with E-state index in [2.05, 4.69) is 4.74 Å². The third-order valence-electron chi connectivity index (χ3n) is 2.15. The molecule has 156 valence electrons. The molecule has 0 rings (SSSR count). The highest BCUT2D eigenvalue weighted by Crippen LogP contribution is 1.94. The van der Waals surface area contributed by atoms with E-state index in [9.17, 15) is 4.79 Å². The van der Waals surface area contributed by atoms with Crippen molar-refractivity contribution in [2.45, 2.75) is 65.6 Å². The molecule has 5 N–H and O–H groups in total. The van der Waals surface area contributed by atoms with Gasteiger partial charge in [0.2, 0.25) is 0 Å². The minimum atomic E-state index is -0.989. The molecule has 8 heteroatoms. The normalized spacial score (nSPS) is 11.4. The zero-order valence-corrected chi connectivity index (χ0v) is 16.5. The average molecular weight is 372 g/mol. The minimum absolute atomic E-state index is 0.125. The summed E-state index contributed by atoms with van der Waals surface area (Å²) in [6.45, 7) is 8.05. The number of ether oxygens (including phenoxy) is 2. The molecule has 0 bridgehead atoms. The molecule has 0 aromatic heterocycles. The molecule has 0 spiro atoms. The SMILES string of the molecule is CCCCOC(=O)C(C)O.CCO.COCCCC(C)O.OCCO. The number of rotatable bonds is 9. The van der Waals surface area contributed by atoms with Crippen LogP contribution in [-0.2, 0) is 14.3 Å². The molecule has 0 aromatic rings. The van der Waals surface area contributed by atoms with Crippen LogP contribution in [0.4, 0.5) is 0 Å². The van der Waals surface area contributed by atoms with Gasteiger partial charge in [0.25, 0.3) is 0 Å². The zero-order chi connectivity index (χ0) is 20.5. The van der Waals surface area contributed by atoms with E-state index >= 15 is 0 Å². The lowest BCUT2D eigenvalue weighted by Gasteiger charge is -2.04. The Labute approximate surface area is 152 Å². The molecule has 2 unspecified atom stereocenters. The fourth-order valence-corrected chi connectivity index (χ4v) is 0.961. The largest absolute Gasteiger partial charge is 0.464 e. The molecule has 8 nitrogen and oxygen atoms in total. The number of carbonyl (C=O) groups excluding carboxylic acids is 1. The molecule has 0 saturated carbocycles. The molecule has 25 heavy (non-hydrogen) atoms. The van der Waals surface area contributed by atoms with Gasteiger partial charge in [0.05, 0.1) is 25.9 Å². The third-order valence-corrected chi connectivity index (χ3v) is 2.15. The number of hydrogen-bond acceptors (Lipinski definition) is 8. The maximum atomic E-state index is 10.5. The van der Waals surface area contributed by atoms with Gasteiger partial charge < -0.3 is 35.0 Å². The van der Waals surface area contributed by atoms with Gasteiger partial charge in [-0.05, 0) is 40.0 Å². The summed E-state index contributed by atoms with van der Waals surface area (Å²) in [5.74, 6) is -0.534. The topological polar surface area (TPSA) is 137 Å². The second kappa shape index (κ2) is 31.0. The fraction of sp³-hybridized carbons (Fsp3) is 0.941. The van der Waals surface area contributed by atoms with Crippen LogP contribution in [0.2, 0.25) is 0 Å². The highest BCUT2D eigenvalue weighted by Gasteiger charge is 2.08. The molecule has 2 atom stereocenters. The molecule has 0 saturated heterocycles. The second-order valence-corrected chi connectivity index (χ2v) is 4.94. The number of aliphatic hydroxyl groups excluding tert-OH is 5. The van der Waals surface area contributed by atoms with Crippen LogP contribution >= 0.6 is 0 Å². The van der Waals surface area contributed by atoms with Crippen molar-refractivity contribution in [1.29, 1.82) is 0 Å². The summed E-state index contributed by atoms with van der Waals surface area (Å²) >= 11 is 0. The summed E-state index contributed by atoms with van der Waals surface area (Å²) in [6.07, 6.45) is 2.48. The van der Waals surface area contributed by atoms with Crippen molar-refractivity contribution in [3.8, 4) is 0 Å². The first-order chi connectivity index (χ1) is 11.8. The van der Waals surface area contributed by atoms with Crippen molar-refractivity contribution in [2.75, 3.05) is 40.1 Å². The summed E-state index contributed by atoms with van der Waals surface area (Å²) in [6, 6.07) is 0. The number of esters is 1. The van der Waals surface area contributed by atoms with Gasteiger partial charge in [0, 0.05) is 20.3 Å². The summed E-state index contributed by atoms with van der Waals surface area (Å²) in [4.78, 5) is 10.5. The van der Waals surface area contributed by atoms with Crippen LogP contribution in [0.15, 0.2) is 0 Å². The van der Waals surface area contributed by atoms with Crippen molar-refractivity contribution in [1.82, 2.24) is 0 Å². The van der Waals surface area contributed by atoms with E-state index in [0.717, 1.165) is 32.3 Å². The van der Waals surface area contributed by atoms with Crippen molar-refractivity contribution < 1.29 is 39.8 Å². The smallest absolute Gasteiger partial charge is 0.334 e. The highest BCUT2D eigenvalue weighted by molar-refractivity contribution is 5.73. The number of unbranched alkanes of at least 4 members (excludes halogenated alkanes) is 1. The van der Waals surface area contributed by atoms with E-state index < -0.39 is 12.1 Å². The monoisotopic (exact) mass is 372 g/mol. The van der Waals surface area contributed by atoms with Gasteiger partial charge in [-0.3, -0.25) is 0 Å². The number of methoxy groups -OCH3 is 1. The molecule has 0 heterocycles. The Morgan fingerprint density at radius 1 is 0.960 bits per heavy atom. The van der Waals surface area contributed by atoms with Crippen LogP contribution in [0.1, 0.15) is 53.4 Å². The summed E-state index contributed by atoms with van der Waals surface area (Å²) in [5, 5.41) is 40.2. The standard InChI is InChI=1S/C7H14O3.C6H14O2.C2H6O2.C2H6O/c1-3-4-5-10-7(9)6(2)8;1-6(7)4-3-5-8-2;3-1-2-4;1-2-3/h6,8H,3-5H2,1-2H3;6-7H,3-5H2,1-2H3;3-4H,1-2H2;3H,2H2,1H3. The predicted molar refractivity (Wildman–Crippen MR) is 97.3 cm³/mol. The number of carbonyl (C=O) groups is 1. The van der Waals surface area contributed by atoms with Crippen LogP contribution in [0.3, 0.4) is 0 Å². The van der Waals surface area contributed by atoms with Gasteiger partial charge in [0.1, 0.15) is 6.10 Å². The molecular formula is C17H40O8. The van der Waals surface area contributed by atoms with Gasteiger partial charge in [0.15, 0.2) is 0 Å². The van der Waals surface area contributed by atoms with Crippen LogP contribution in [0.5, 0.6) is 0 Å². The summed E-state index contributed by atoms with van der Waals surface area (Å²) in [7, 11) is 1.67. The van der Waals surface area contributed by atoms with Gasteiger partial charge >= 0.3 is 5.97 Å². The average Bonchev–Trinajstić information content (AvgIpc) is 2.56. The van der Waals surface area contributed by atoms with Crippen LogP contribution in [-0.4, -0.2) is 83.9 Å². The number of hydrogen-bond donors (Lipinski definition) is 5.